The molecule has 3 atom stereocenters. The maximum Gasteiger partial charge on any atom is 0.241 e. The van der Waals surface area contributed by atoms with Crippen LogP contribution in [0.15, 0.2) is 18.3 Å². The molecule has 1 aromatic heterocycles. The standard InChI is InChI=1S/C18H24N4O2/c23-17(11-5-6-11)22-16-8-7-13(10-19-16)20-18(24)15-9-12-3-1-2-4-14(12)21-15/h7-8,10-12,14-15,21H,1-6,9H2,(H,20,24)(H,19,22,23). The number of nitrogens with zero attached hydrogens (tertiary/aromatic N) is 1. The summed E-state index contributed by atoms with van der Waals surface area (Å²) in [6, 6.07) is 3.92. The van der Waals surface area contributed by atoms with Crippen LogP contribution in [0.25, 0.3) is 0 Å². The molecule has 3 aliphatic rings. The maximum absolute atomic E-state index is 12.4. The molecule has 1 aromatic rings. The first kappa shape index (κ1) is 15.6. The Bertz CT molecular complexity index is 612. The molecule has 0 aromatic carbocycles. The minimum atomic E-state index is -0.104. The van der Waals surface area contributed by atoms with Crippen molar-refractivity contribution in [3.05, 3.63) is 18.3 Å². The topological polar surface area (TPSA) is 83.1 Å². The molecule has 1 aliphatic heterocycles. The van der Waals surface area contributed by atoms with E-state index in [-0.39, 0.29) is 23.8 Å². The fourth-order valence-electron chi connectivity index (χ4n) is 3.87. The third kappa shape index (κ3) is 3.43. The van der Waals surface area contributed by atoms with Gasteiger partial charge in [0.15, 0.2) is 0 Å². The van der Waals surface area contributed by atoms with E-state index >= 15 is 0 Å². The van der Waals surface area contributed by atoms with Gasteiger partial charge >= 0.3 is 0 Å². The molecule has 0 radical (unpaired) electrons. The zero-order valence-corrected chi connectivity index (χ0v) is 13.8. The number of aromatic nitrogens is 1. The highest BCUT2D eigenvalue weighted by Gasteiger charge is 2.38. The lowest BCUT2D eigenvalue weighted by atomic mass is 9.85. The van der Waals surface area contributed by atoms with Crippen molar-refractivity contribution in [1.29, 1.82) is 0 Å². The summed E-state index contributed by atoms with van der Waals surface area (Å²) in [5.74, 6) is 1.39. The monoisotopic (exact) mass is 328 g/mol. The molecule has 2 heterocycles. The lowest BCUT2D eigenvalue weighted by molar-refractivity contribution is -0.118. The molecule has 3 fully saturated rings. The van der Waals surface area contributed by atoms with Crippen molar-refractivity contribution in [1.82, 2.24) is 10.3 Å². The zero-order valence-electron chi connectivity index (χ0n) is 13.8. The molecule has 2 saturated carbocycles. The summed E-state index contributed by atoms with van der Waals surface area (Å²) < 4.78 is 0. The Morgan fingerprint density at radius 2 is 1.88 bits per heavy atom. The van der Waals surface area contributed by atoms with Crippen LogP contribution < -0.4 is 16.0 Å². The molecule has 2 aliphatic carbocycles. The van der Waals surface area contributed by atoms with Crippen molar-refractivity contribution in [3.63, 3.8) is 0 Å². The average molecular weight is 328 g/mol. The molecule has 3 unspecified atom stereocenters. The summed E-state index contributed by atoms with van der Waals surface area (Å²) in [7, 11) is 0. The van der Waals surface area contributed by atoms with Crippen molar-refractivity contribution in [3.8, 4) is 0 Å². The van der Waals surface area contributed by atoms with Gasteiger partial charge in [0, 0.05) is 12.0 Å². The van der Waals surface area contributed by atoms with E-state index in [1.165, 1.54) is 25.7 Å². The molecule has 6 heteroatoms. The van der Waals surface area contributed by atoms with E-state index in [0.29, 0.717) is 23.5 Å². The highest BCUT2D eigenvalue weighted by molar-refractivity contribution is 5.96. The van der Waals surface area contributed by atoms with Gasteiger partial charge in [-0.2, -0.15) is 0 Å². The first-order valence-electron chi connectivity index (χ1n) is 9.03. The van der Waals surface area contributed by atoms with Gasteiger partial charge in [0.25, 0.3) is 0 Å². The minimum Gasteiger partial charge on any atom is -0.323 e. The van der Waals surface area contributed by atoms with E-state index in [1.54, 1.807) is 18.3 Å². The van der Waals surface area contributed by atoms with Crippen LogP contribution in [0, 0.1) is 11.8 Å². The number of hydrogen-bond donors (Lipinski definition) is 3. The second-order valence-electron chi connectivity index (χ2n) is 7.29. The Kier molecular flexibility index (Phi) is 4.22. The van der Waals surface area contributed by atoms with Gasteiger partial charge in [-0.15, -0.1) is 0 Å². The van der Waals surface area contributed by atoms with Crippen LogP contribution in [0.2, 0.25) is 0 Å². The van der Waals surface area contributed by atoms with Gasteiger partial charge in [-0.25, -0.2) is 4.98 Å². The molecule has 0 spiro atoms. The number of anilines is 2. The SMILES string of the molecule is O=C(Nc1ccc(NC(=O)C2CC3CCCCC3N2)cn1)C1CC1. The number of amides is 2. The smallest absolute Gasteiger partial charge is 0.241 e. The van der Waals surface area contributed by atoms with Crippen LogP contribution in [0.4, 0.5) is 11.5 Å². The predicted molar refractivity (Wildman–Crippen MR) is 91.5 cm³/mol. The van der Waals surface area contributed by atoms with Crippen LogP contribution in [0.5, 0.6) is 0 Å². The van der Waals surface area contributed by atoms with E-state index < -0.39 is 0 Å². The van der Waals surface area contributed by atoms with Crippen LogP contribution in [0.3, 0.4) is 0 Å². The number of rotatable bonds is 4. The third-order valence-corrected chi connectivity index (χ3v) is 5.41. The summed E-state index contributed by atoms with van der Waals surface area (Å²) in [4.78, 5) is 28.4. The van der Waals surface area contributed by atoms with Gasteiger partial charge in [0.1, 0.15) is 5.82 Å². The van der Waals surface area contributed by atoms with E-state index in [2.05, 4.69) is 20.9 Å². The van der Waals surface area contributed by atoms with Crippen molar-refractivity contribution >= 4 is 23.3 Å². The van der Waals surface area contributed by atoms with Crippen LogP contribution in [0.1, 0.15) is 44.9 Å². The Morgan fingerprint density at radius 3 is 2.58 bits per heavy atom. The number of carbonyl (C=O) groups excluding carboxylic acids is 2. The van der Waals surface area contributed by atoms with Crippen LogP contribution in [-0.2, 0) is 9.59 Å². The quantitative estimate of drug-likeness (QED) is 0.792. The molecule has 24 heavy (non-hydrogen) atoms. The Morgan fingerprint density at radius 1 is 1.04 bits per heavy atom. The number of pyridine rings is 1. The first-order chi connectivity index (χ1) is 11.7. The van der Waals surface area contributed by atoms with E-state index in [9.17, 15) is 9.59 Å². The van der Waals surface area contributed by atoms with Gasteiger partial charge in [0.05, 0.1) is 17.9 Å². The average Bonchev–Trinajstić information content (AvgIpc) is 3.35. The van der Waals surface area contributed by atoms with Crippen molar-refractivity contribution in [2.24, 2.45) is 11.8 Å². The Hall–Kier alpha value is -1.95. The fourth-order valence-corrected chi connectivity index (χ4v) is 3.87. The molecular formula is C18H24N4O2. The number of hydrogen-bond acceptors (Lipinski definition) is 4. The molecule has 128 valence electrons. The molecule has 0 bridgehead atoms. The number of carbonyl (C=O) groups is 2. The molecule has 6 nitrogen and oxygen atoms in total. The summed E-state index contributed by atoms with van der Waals surface area (Å²) in [5.41, 5.74) is 0.668. The van der Waals surface area contributed by atoms with Gasteiger partial charge in [-0.05, 0) is 50.2 Å². The first-order valence-corrected chi connectivity index (χ1v) is 9.03. The van der Waals surface area contributed by atoms with Crippen molar-refractivity contribution < 1.29 is 9.59 Å². The fraction of sp³-hybridized carbons (Fsp3) is 0.611. The Labute approximate surface area is 141 Å². The zero-order chi connectivity index (χ0) is 16.5. The lowest BCUT2D eigenvalue weighted by Crippen LogP contribution is -2.39. The molecule has 1 saturated heterocycles. The van der Waals surface area contributed by atoms with Crippen molar-refractivity contribution in [2.45, 2.75) is 57.0 Å². The largest absolute Gasteiger partial charge is 0.323 e. The second-order valence-corrected chi connectivity index (χ2v) is 7.29. The third-order valence-electron chi connectivity index (χ3n) is 5.41. The summed E-state index contributed by atoms with van der Waals surface area (Å²) in [6.45, 7) is 0. The summed E-state index contributed by atoms with van der Waals surface area (Å²) >= 11 is 0. The van der Waals surface area contributed by atoms with Crippen molar-refractivity contribution in [2.75, 3.05) is 10.6 Å². The maximum atomic E-state index is 12.4. The van der Waals surface area contributed by atoms with Gasteiger partial charge in [-0.1, -0.05) is 12.8 Å². The predicted octanol–water partition coefficient (Wildman–Crippen LogP) is 2.29. The molecule has 3 N–H and O–H groups in total. The Balaban J connectivity index is 1.31. The number of nitrogens with one attached hydrogen (secondary N) is 3. The highest BCUT2D eigenvalue weighted by atomic mass is 16.2. The summed E-state index contributed by atoms with van der Waals surface area (Å²) in [5, 5.41) is 9.21. The lowest BCUT2D eigenvalue weighted by Gasteiger charge is -2.24. The molecule has 4 rings (SSSR count). The number of fused-ring (bicyclic) bond motifs is 1. The van der Waals surface area contributed by atoms with Gasteiger partial charge in [-0.3, -0.25) is 9.59 Å². The van der Waals surface area contributed by atoms with E-state index in [1.807, 2.05) is 0 Å². The highest BCUT2D eigenvalue weighted by Crippen LogP contribution is 2.33. The summed E-state index contributed by atoms with van der Waals surface area (Å²) in [6.07, 6.45) is 9.44. The minimum absolute atomic E-state index is 0.0148. The molecular weight excluding hydrogens is 304 g/mol. The normalized spacial score (nSPS) is 28.9. The van der Waals surface area contributed by atoms with Gasteiger partial charge in [0.2, 0.25) is 11.8 Å². The van der Waals surface area contributed by atoms with Crippen LogP contribution >= 0.6 is 0 Å². The van der Waals surface area contributed by atoms with E-state index in [4.69, 9.17) is 0 Å². The second kappa shape index (κ2) is 6.51. The van der Waals surface area contributed by atoms with Crippen LogP contribution in [-0.4, -0.2) is 28.9 Å². The van der Waals surface area contributed by atoms with E-state index in [0.717, 1.165) is 19.3 Å². The molecule has 2 amide bonds. The van der Waals surface area contributed by atoms with Gasteiger partial charge < -0.3 is 16.0 Å².